The summed E-state index contributed by atoms with van der Waals surface area (Å²) in [5.74, 6) is 0. The second-order valence-electron chi connectivity index (χ2n) is 5.02. The summed E-state index contributed by atoms with van der Waals surface area (Å²) in [7, 11) is -3.51. The van der Waals surface area contributed by atoms with E-state index in [9.17, 15) is 13.5 Å². The first-order chi connectivity index (χ1) is 8.91. The number of hydrogen-bond donors (Lipinski definition) is 2. The standard InChI is InChI=1S/C12H18BrNO3S2/c13-10-5-6-11(18-10)19(16,17)14-9-12(15)7-3-1-2-4-8-12/h5-6,14-15H,1-4,7-9H2. The Morgan fingerprint density at radius 3 is 2.42 bits per heavy atom. The molecule has 4 nitrogen and oxygen atoms in total. The van der Waals surface area contributed by atoms with Gasteiger partial charge in [-0.15, -0.1) is 11.3 Å². The largest absolute Gasteiger partial charge is 0.389 e. The Kier molecular flexibility index (Phi) is 5.05. The van der Waals surface area contributed by atoms with Crippen LogP contribution in [0.4, 0.5) is 0 Å². The highest BCUT2D eigenvalue weighted by molar-refractivity contribution is 9.11. The van der Waals surface area contributed by atoms with Gasteiger partial charge in [0.2, 0.25) is 10.0 Å². The van der Waals surface area contributed by atoms with Crippen LogP contribution in [0.25, 0.3) is 0 Å². The van der Waals surface area contributed by atoms with Gasteiger partial charge in [-0.3, -0.25) is 0 Å². The molecular weight excluding hydrogens is 350 g/mol. The van der Waals surface area contributed by atoms with E-state index in [-0.39, 0.29) is 10.8 Å². The van der Waals surface area contributed by atoms with Crippen LogP contribution < -0.4 is 4.72 Å². The number of aliphatic hydroxyl groups is 1. The molecule has 0 spiro atoms. The summed E-state index contributed by atoms with van der Waals surface area (Å²) in [6, 6.07) is 3.27. The minimum absolute atomic E-state index is 0.102. The van der Waals surface area contributed by atoms with Crippen molar-refractivity contribution >= 4 is 37.3 Å². The van der Waals surface area contributed by atoms with E-state index in [1.807, 2.05) is 0 Å². The van der Waals surface area contributed by atoms with Gasteiger partial charge in [0.1, 0.15) is 4.21 Å². The minimum atomic E-state index is -3.51. The summed E-state index contributed by atoms with van der Waals surface area (Å²) >= 11 is 4.42. The highest BCUT2D eigenvalue weighted by Gasteiger charge is 2.30. The van der Waals surface area contributed by atoms with Crippen LogP contribution in [0.15, 0.2) is 20.1 Å². The van der Waals surface area contributed by atoms with Gasteiger partial charge in [-0.2, -0.15) is 0 Å². The molecule has 1 heterocycles. The molecule has 1 aromatic rings. The van der Waals surface area contributed by atoms with Crippen molar-refractivity contribution < 1.29 is 13.5 Å². The fourth-order valence-corrected chi connectivity index (χ4v) is 5.48. The lowest BCUT2D eigenvalue weighted by Gasteiger charge is -2.26. The summed E-state index contributed by atoms with van der Waals surface area (Å²) in [6.07, 6.45) is 5.50. The Morgan fingerprint density at radius 2 is 1.89 bits per heavy atom. The van der Waals surface area contributed by atoms with Gasteiger partial charge in [-0.1, -0.05) is 25.7 Å². The molecule has 0 radical (unpaired) electrons. The molecule has 7 heteroatoms. The summed E-state index contributed by atoms with van der Waals surface area (Å²) in [6.45, 7) is 0.102. The SMILES string of the molecule is O=S(=O)(NCC1(O)CCCCCC1)c1ccc(Br)s1. The molecule has 2 rings (SSSR count). The maximum atomic E-state index is 12.1. The van der Waals surface area contributed by atoms with Crippen LogP contribution in [0.3, 0.4) is 0 Å². The molecular formula is C12H18BrNO3S2. The minimum Gasteiger partial charge on any atom is -0.389 e. The molecule has 0 amide bonds. The van der Waals surface area contributed by atoms with E-state index in [1.54, 1.807) is 12.1 Å². The van der Waals surface area contributed by atoms with Gasteiger partial charge in [0, 0.05) is 6.54 Å². The van der Waals surface area contributed by atoms with Crippen molar-refractivity contribution in [3.05, 3.63) is 15.9 Å². The van der Waals surface area contributed by atoms with Crippen LogP contribution in [0.5, 0.6) is 0 Å². The van der Waals surface area contributed by atoms with Gasteiger partial charge < -0.3 is 5.11 Å². The average molecular weight is 368 g/mol. The molecule has 2 N–H and O–H groups in total. The van der Waals surface area contributed by atoms with E-state index in [0.29, 0.717) is 12.8 Å². The van der Waals surface area contributed by atoms with Crippen LogP contribution in [-0.4, -0.2) is 25.7 Å². The monoisotopic (exact) mass is 367 g/mol. The van der Waals surface area contributed by atoms with E-state index in [1.165, 1.54) is 11.3 Å². The molecule has 1 aliphatic rings. The normalized spacial score (nSPS) is 20.1. The summed E-state index contributed by atoms with van der Waals surface area (Å²) in [5, 5.41) is 10.4. The van der Waals surface area contributed by atoms with Gasteiger partial charge in [-0.05, 0) is 40.9 Å². The number of hydrogen-bond acceptors (Lipinski definition) is 4. The van der Waals surface area contributed by atoms with E-state index in [0.717, 1.165) is 29.5 Å². The molecule has 0 saturated heterocycles. The molecule has 1 fully saturated rings. The van der Waals surface area contributed by atoms with Gasteiger partial charge >= 0.3 is 0 Å². The quantitative estimate of drug-likeness (QED) is 0.804. The molecule has 1 aliphatic carbocycles. The average Bonchev–Trinajstić information content (AvgIpc) is 2.68. The van der Waals surface area contributed by atoms with Gasteiger partial charge in [-0.25, -0.2) is 13.1 Å². The number of halogens is 1. The van der Waals surface area contributed by atoms with Crippen LogP contribution in [0.1, 0.15) is 38.5 Å². The molecule has 0 unspecified atom stereocenters. The van der Waals surface area contributed by atoms with E-state index < -0.39 is 15.6 Å². The van der Waals surface area contributed by atoms with Crippen molar-refractivity contribution in [3.8, 4) is 0 Å². The topological polar surface area (TPSA) is 66.4 Å². The van der Waals surface area contributed by atoms with E-state index in [4.69, 9.17) is 0 Å². The number of sulfonamides is 1. The second-order valence-corrected chi connectivity index (χ2v) is 9.48. The predicted molar refractivity (Wildman–Crippen MR) is 79.9 cm³/mol. The van der Waals surface area contributed by atoms with E-state index in [2.05, 4.69) is 20.7 Å². The molecule has 0 atom stereocenters. The maximum absolute atomic E-state index is 12.1. The Morgan fingerprint density at radius 1 is 1.26 bits per heavy atom. The number of nitrogens with one attached hydrogen (secondary N) is 1. The summed E-state index contributed by atoms with van der Waals surface area (Å²) < 4.78 is 27.8. The lowest BCUT2D eigenvalue weighted by atomic mass is 9.95. The number of thiophene rings is 1. The molecule has 0 aromatic carbocycles. The maximum Gasteiger partial charge on any atom is 0.250 e. The second kappa shape index (κ2) is 6.22. The highest BCUT2D eigenvalue weighted by atomic mass is 79.9. The third kappa shape index (κ3) is 4.26. The van der Waals surface area contributed by atoms with Crippen molar-refractivity contribution in [2.24, 2.45) is 0 Å². The van der Waals surface area contributed by atoms with Crippen LogP contribution in [-0.2, 0) is 10.0 Å². The van der Waals surface area contributed by atoms with E-state index >= 15 is 0 Å². The van der Waals surface area contributed by atoms with Crippen molar-refractivity contribution in [3.63, 3.8) is 0 Å². The number of rotatable bonds is 4. The van der Waals surface area contributed by atoms with Crippen LogP contribution in [0.2, 0.25) is 0 Å². The molecule has 108 valence electrons. The molecule has 19 heavy (non-hydrogen) atoms. The Hall–Kier alpha value is 0.0500. The van der Waals surface area contributed by atoms with Crippen LogP contribution in [0, 0.1) is 0 Å². The van der Waals surface area contributed by atoms with Gasteiger partial charge in [0.05, 0.1) is 9.39 Å². The summed E-state index contributed by atoms with van der Waals surface area (Å²) in [4.78, 5) is 0. The first-order valence-corrected chi connectivity index (χ1v) is 9.48. The van der Waals surface area contributed by atoms with Crippen molar-refractivity contribution in [1.82, 2.24) is 4.72 Å². The highest BCUT2D eigenvalue weighted by Crippen LogP contribution is 2.28. The molecule has 0 aliphatic heterocycles. The van der Waals surface area contributed by atoms with Gasteiger partial charge in [0.15, 0.2) is 0 Å². The zero-order valence-corrected chi connectivity index (χ0v) is 13.8. The Labute approximate surface area is 126 Å². The van der Waals surface area contributed by atoms with Gasteiger partial charge in [0.25, 0.3) is 0 Å². The molecule has 0 bridgehead atoms. The Bertz CT molecular complexity index is 519. The lowest BCUT2D eigenvalue weighted by Crippen LogP contribution is -2.42. The van der Waals surface area contributed by atoms with Crippen molar-refractivity contribution in [1.29, 1.82) is 0 Å². The smallest absolute Gasteiger partial charge is 0.250 e. The zero-order valence-electron chi connectivity index (χ0n) is 10.6. The third-order valence-corrected chi connectivity index (χ3v) is 6.96. The first kappa shape index (κ1) is 15.4. The molecule has 1 saturated carbocycles. The third-order valence-electron chi connectivity index (χ3n) is 3.44. The first-order valence-electron chi connectivity index (χ1n) is 6.39. The Balaban J connectivity index is 2.01. The fourth-order valence-electron chi connectivity index (χ4n) is 2.31. The van der Waals surface area contributed by atoms with Crippen molar-refractivity contribution in [2.45, 2.75) is 48.3 Å². The lowest BCUT2D eigenvalue weighted by molar-refractivity contribution is 0.0303. The van der Waals surface area contributed by atoms with Crippen LogP contribution >= 0.6 is 27.3 Å². The molecule has 1 aromatic heterocycles. The van der Waals surface area contributed by atoms with Crippen molar-refractivity contribution in [2.75, 3.05) is 6.54 Å². The summed E-state index contributed by atoms with van der Waals surface area (Å²) in [5.41, 5.74) is -0.891. The zero-order chi connectivity index (χ0) is 13.9. The predicted octanol–water partition coefficient (Wildman–Crippen LogP) is 2.87. The fraction of sp³-hybridized carbons (Fsp3) is 0.667.